The molecule has 0 radical (unpaired) electrons. The molecule has 134 valence electrons. The van der Waals surface area contributed by atoms with Crippen LogP contribution in [0.15, 0.2) is 59.6 Å². The maximum atomic E-state index is 12.8. The Morgan fingerprint density at radius 3 is 2.96 bits per heavy atom. The first-order valence-corrected chi connectivity index (χ1v) is 8.94. The number of amides is 1. The smallest absolute Gasteiger partial charge is 0.254 e. The quantitative estimate of drug-likeness (QED) is 0.560. The summed E-state index contributed by atoms with van der Waals surface area (Å²) in [6, 6.07) is 9.82. The lowest BCUT2D eigenvalue weighted by molar-refractivity contribution is 0.0780. The van der Waals surface area contributed by atoms with Crippen molar-refractivity contribution in [1.29, 1.82) is 0 Å². The first kappa shape index (κ1) is 15.8. The standard InChI is InChI=1S/C21H18N4O2/c1-14-5-8-24-12-15(23-19(24)11-14)6-9-25-13-18-16(20-22-7-10-27-20)3-2-4-17(18)21(25)26/h2-5,7-8,10-12H,6,9,13H2,1H3. The predicted octanol–water partition coefficient (Wildman–Crippen LogP) is 3.50. The van der Waals surface area contributed by atoms with Gasteiger partial charge < -0.3 is 13.7 Å². The normalized spacial score (nSPS) is 13.5. The molecule has 0 bridgehead atoms. The number of carbonyl (C=O) groups excluding carboxylic acids is 1. The summed E-state index contributed by atoms with van der Waals surface area (Å²) in [5.74, 6) is 0.607. The van der Waals surface area contributed by atoms with Crippen LogP contribution in [0.1, 0.15) is 27.2 Å². The van der Waals surface area contributed by atoms with Crippen LogP contribution >= 0.6 is 0 Å². The summed E-state index contributed by atoms with van der Waals surface area (Å²) in [6.07, 6.45) is 7.93. The van der Waals surface area contributed by atoms with E-state index in [0.717, 1.165) is 34.5 Å². The van der Waals surface area contributed by atoms with E-state index < -0.39 is 0 Å². The minimum atomic E-state index is 0.0537. The Bertz CT molecular complexity index is 1140. The molecule has 3 aromatic heterocycles. The number of rotatable bonds is 4. The van der Waals surface area contributed by atoms with Crippen molar-refractivity contribution in [2.24, 2.45) is 0 Å². The number of hydrogen-bond acceptors (Lipinski definition) is 4. The topological polar surface area (TPSA) is 63.6 Å². The van der Waals surface area contributed by atoms with Gasteiger partial charge >= 0.3 is 0 Å². The number of fused-ring (bicyclic) bond motifs is 2. The highest BCUT2D eigenvalue weighted by atomic mass is 16.3. The molecule has 5 rings (SSSR count). The second-order valence-electron chi connectivity index (χ2n) is 6.85. The molecule has 0 N–H and O–H groups in total. The van der Waals surface area contributed by atoms with Crippen molar-refractivity contribution in [2.75, 3.05) is 6.54 Å². The lowest BCUT2D eigenvalue weighted by Crippen LogP contribution is -2.26. The van der Waals surface area contributed by atoms with E-state index in [1.54, 1.807) is 12.5 Å². The Hall–Kier alpha value is -3.41. The molecule has 0 unspecified atom stereocenters. The van der Waals surface area contributed by atoms with Crippen molar-refractivity contribution in [2.45, 2.75) is 19.9 Å². The zero-order valence-corrected chi connectivity index (χ0v) is 14.9. The molecule has 0 fully saturated rings. The second kappa shape index (κ2) is 6.09. The molecule has 0 atom stereocenters. The third kappa shape index (κ3) is 2.70. The van der Waals surface area contributed by atoms with Gasteiger partial charge in [-0.3, -0.25) is 4.79 Å². The summed E-state index contributed by atoms with van der Waals surface area (Å²) < 4.78 is 7.45. The van der Waals surface area contributed by atoms with Crippen LogP contribution in [0.5, 0.6) is 0 Å². The molecule has 1 aromatic carbocycles. The number of imidazole rings is 1. The van der Waals surface area contributed by atoms with Gasteiger partial charge in [-0.15, -0.1) is 0 Å². The summed E-state index contributed by atoms with van der Waals surface area (Å²) >= 11 is 0. The van der Waals surface area contributed by atoms with Crippen molar-refractivity contribution in [1.82, 2.24) is 19.3 Å². The molecular formula is C21H18N4O2. The van der Waals surface area contributed by atoms with Crippen molar-refractivity contribution >= 4 is 11.6 Å². The lowest BCUT2D eigenvalue weighted by Gasteiger charge is -2.14. The maximum absolute atomic E-state index is 12.8. The van der Waals surface area contributed by atoms with Crippen LogP contribution in [-0.2, 0) is 13.0 Å². The number of nitrogens with zero attached hydrogens (tertiary/aromatic N) is 4. The van der Waals surface area contributed by atoms with E-state index in [4.69, 9.17) is 4.42 Å². The third-order valence-electron chi connectivity index (χ3n) is 5.01. The average molecular weight is 358 g/mol. The Morgan fingerprint density at radius 2 is 2.11 bits per heavy atom. The minimum Gasteiger partial charge on any atom is -0.445 e. The number of carbonyl (C=O) groups is 1. The van der Waals surface area contributed by atoms with Crippen LogP contribution in [0.3, 0.4) is 0 Å². The number of benzene rings is 1. The third-order valence-corrected chi connectivity index (χ3v) is 5.01. The number of aryl methyl sites for hydroxylation is 1. The van der Waals surface area contributed by atoms with E-state index in [1.807, 2.05) is 39.9 Å². The summed E-state index contributed by atoms with van der Waals surface area (Å²) in [5.41, 5.74) is 5.71. The van der Waals surface area contributed by atoms with Crippen LogP contribution < -0.4 is 0 Å². The molecule has 27 heavy (non-hydrogen) atoms. The van der Waals surface area contributed by atoms with Gasteiger partial charge in [0.25, 0.3) is 5.91 Å². The highest BCUT2D eigenvalue weighted by Gasteiger charge is 2.30. The Morgan fingerprint density at radius 1 is 1.22 bits per heavy atom. The fourth-order valence-corrected chi connectivity index (χ4v) is 3.63. The molecule has 1 aliphatic rings. The molecule has 0 saturated heterocycles. The average Bonchev–Trinajstić information content (AvgIpc) is 3.39. The summed E-state index contributed by atoms with van der Waals surface area (Å²) in [7, 11) is 0. The first-order chi connectivity index (χ1) is 13.2. The van der Waals surface area contributed by atoms with E-state index in [1.165, 1.54) is 5.56 Å². The molecule has 1 amide bonds. The highest BCUT2D eigenvalue weighted by molar-refractivity contribution is 6.00. The van der Waals surface area contributed by atoms with Gasteiger partial charge in [0, 0.05) is 43.0 Å². The maximum Gasteiger partial charge on any atom is 0.254 e. The van der Waals surface area contributed by atoms with Gasteiger partial charge in [0.1, 0.15) is 11.9 Å². The van der Waals surface area contributed by atoms with Gasteiger partial charge in [0.05, 0.1) is 11.9 Å². The van der Waals surface area contributed by atoms with Gasteiger partial charge in [-0.1, -0.05) is 6.07 Å². The van der Waals surface area contributed by atoms with Gasteiger partial charge in [-0.05, 0) is 42.3 Å². The number of pyridine rings is 1. The van der Waals surface area contributed by atoms with Crippen molar-refractivity contribution in [3.05, 3.63) is 77.6 Å². The zero-order valence-electron chi connectivity index (χ0n) is 14.9. The van der Waals surface area contributed by atoms with Gasteiger partial charge in [0.2, 0.25) is 5.89 Å². The Balaban J connectivity index is 1.37. The van der Waals surface area contributed by atoms with Crippen LogP contribution in [0.2, 0.25) is 0 Å². The number of oxazole rings is 1. The fourth-order valence-electron chi connectivity index (χ4n) is 3.63. The molecule has 0 saturated carbocycles. The summed E-state index contributed by atoms with van der Waals surface area (Å²) in [5, 5.41) is 0. The monoisotopic (exact) mass is 358 g/mol. The van der Waals surface area contributed by atoms with Crippen molar-refractivity contribution in [3.63, 3.8) is 0 Å². The summed E-state index contributed by atoms with van der Waals surface area (Å²) in [4.78, 5) is 23.6. The van der Waals surface area contributed by atoms with E-state index in [-0.39, 0.29) is 5.91 Å². The van der Waals surface area contributed by atoms with Crippen molar-refractivity contribution in [3.8, 4) is 11.5 Å². The second-order valence-corrected chi connectivity index (χ2v) is 6.85. The van der Waals surface area contributed by atoms with E-state index in [9.17, 15) is 4.79 Å². The molecule has 6 nitrogen and oxygen atoms in total. The molecule has 1 aliphatic heterocycles. The predicted molar refractivity (Wildman–Crippen MR) is 100 cm³/mol. The molecular weight excluding hydrogens is 340 g/mol. The summed E-state index contributed by atoms with van der Waals surface area (Å²) in [6.45, 7) is 3.25. The van der Waals surface area contributed by atoms with Crippen LogP contribution in [-0.4, -0.2) is 31.7 Å². The van der Waals surface area contributed by atoms with Crippen LogP contribution in [0.4, 0.5) is 0 Å². The Kier molecular flexibility index (Phi) is 3.57. The SMILES string of the molecule is Cc1ccn2cc(CCN3Cc4c(cccc4-c4ncco4)C3=O)nc2c1. The lowest BCUT2D eigenvalue weighted by atomic mass is 10.0. The van der Waals surface area contributed by atoms with E-state index in [2.05, 4.69) is 29.0 Å². The van der Waals surface area contributed by atoms with Crippen molar-refractivity contribution < 1.29 is 9.21 Å². The van der Waals surface area contributed by atoms with Crippen LogP contribution in [0.25, 0.3) is 17.1 Å². The fraction of sp³-hybridized carbons (Fsp3) is 0.190. The Labute approximate surface area is 156 Å². The van der Waals surface area contributed by atoms with E-state index >= 15 is 0 Å². The van der Waals surface area contributed by atoms with E-state index in [0.29, 0.717) is 19.0 Å². The first-order valence-electron chi connectivity index (χ1n) is 8.94. The van der Waals surface area contributed by atoms with Gasteiger partial charge in [0.15, 0.2) is 0 Å². The largest absolute Gasteiger partial charge is 0.445 e. The molecule has 6 heteroatoms. The minimum absolute atomic E-state index is 0.0537. The number of hydrogen-bond donors (Lipinski definition) is 0. The molecule has 4 aromatic rings. The van der Waals surface area contributed by atoms with Gasteiger partial charge in [-0.25, -0.2) is 9.97 Å². The highest BCUT2D eigenvalue weighted by Crippen LogP contribution is 2.31. The zero-order chi connectivity index (χ0) is 18.4. The van der Waals surface area contributed by atoms with Gasteiger partial charge in [-0.2, -0.15) is 0 Å². The number of aromatic nitrogens is 3. The van der Waals surface area contributed by atoms with Crippen LogP contribution in [0, 0.1) is 6.92 Å². The molecule has 0 aliphatic carbocycles. The molecule has 0 spiro atoms. The molecule has 4 heterocycles.